The second kappa shape index (κ2) is 7.09. The van der Waals surface area contributed by atoms with Crippen LogP contribution in [0.3, 0.4) is 0 Å². The van der Waals surface area contributed by atoms with E-state index < -0.39 is 0 Å². The summed E-state index contributed by atoms with van der Waals surface area (Å²) in [7, 11) is 1.99. The predicted octanol–water partition coefficient (Wildman–Crippen LogP) is 2.96. The lowest BCUT2D eigenvalue weighted by molar-refractivity contribution is 0.184. The van der Waals surface area contributed by atoms with Gasteiger partial charge in [0.1, 0.15) is 5.75 Å². The lowest BCUT2D eigenvalue weighted by Crippen LogP contribution is -2.38. The Kier molecular flexibility index (Phi) is 5.44. The van der Waals surface area contributed by atoms with E-state index in [1.807, 2.05) is 14.0 Å². The molecule has 1 aromatic carbocycles. The smallest absolute Gasteiger partial charge is 0.124 e. The van der Waals surface area contributed by atoms with Crippen molar-refractivity contribution in [3.8, 4) is 5.75 Å². The van der Waals surface area contributed by atoms with Gasteiger partial charge in [0.2, 0.25) is 0 Å². The molecule has 1 heterocycles. The molecule has 3 heteroatoms. The number of nitrogens with one attached hydrogen (secondary N) is 1. The molecule has 1 atom stereocenters. The molecule has 1 N–H and O–H groups in total. The molecule has 0 amide bonds. The van der Waals surface area contributed by atoms with Gasteiger partial charge >= 0.3 is 0 Å². The molecule has 3 nitrogen and oxygen atoms in total. The van der Waals surface area contributed by atoms with Crippen molar-refractivity contribution in [3.63, 3.8) is 0 Å². The summed E-state index contributed by atoms with van der Waals surface area (Å²) in [6.07, 6.45) is 2.37. The van der Waals surface area contributed by atoms with Crippen LogP contribution >= 0.6 is 0 Å². The highest BCUT2D eigenvalue weighted by Crippen LogP contribution is 2.30. The molecule has 112 valence electrons. The second-order valence-electron chi connectivity index (χ2n) is 5.72. The molecule has 0 saturated heterocycles. The molecule has 0 fully saturated rings. The minimum Gasteiger partial charge on any atom is -0.494 e. The first-order valence-electron chi connectivity index (χ1n) is 7.85. The monoisotopic (exact) mass is 276 g/mol. The minimum absolute atomic E-state index is 0.642. The number of benzene rings is 1. The lowest BCUT2D eigenvalue weighted by atomic mass is 9.92. The van der Waals surface area contributed by atoms with Crippen molar-refractivity contribution >= 4 is 0 Å². The van der Waals surface area contributed by atoms with E-state index in [0.717, 1.165) is 31.9 Å². The number of rotatable bonds is 6. The van der Waals surface area contributed by atoms with Gasteiger partial charge in [0, 0.05) is 24.7 Å². The Bertz CT molecular complexity index is 445. The number of hydrogen-bond donors (Lipinski definition) is 1. The van der Waals surface area contributed by atoms with Gasteiger partial charge in [-0.2, -0.15) is 0 Å². The molecule has 0 saturated carbocycles. The Morgan fingerprint density at radius 3 is 2.75 bits per heavy atom. The van der Waals surface area contributed by atoms with Crippen LogP contribution in [0.15, 0.2) is 12.1 Å². The van der Waals surface area contributed by atoms with Gasteiger partial charge in [0.25, 0.3) is 0 Å². The number of nitrogens with zero attached hydrogens (tertiary/aromatic N) is 1. The van der Waals surface area contributed by atoms with Crippen molar-refractivity contribution in [1.29, 1.82) is 0 Å². The van der Waals surface area contributed by atoms with E-state index in [1.54, 1.807) is 0 Å². The summed E-state index contributed by atoms with van der Waals surface area (Å²) in [5.41, 5.74) is 4.22. The topological polar surface area (TPSA) is 24.5 Å². The molecule has 1 aliphatic heterocycles. The van der Waals surface area contributed by atoms with Crippen LogP contribution in [0.2, 0.25) is 0 Å². The molecule has 0 radical (unpaired) electrons. The Hall–Kier alpha value is -1.06. The molecular formula is C17H28N2O. The summed E-state index contributed by atoms with van der Waals surface area (Å²) in [5.74, 6) is 1.05. The normalized spacial score (nSPS) is 18.9. The molecule has 1 aliphatic rings. The second-order valence-corrected chi connectivity index (χ2v) is 5.72. The van der Waals surface area contributed by atoms with Gasteiger partial charge in [0.15, 0.2) is 0 Å². The van der Waals surface area contributed by atoms with Gasteiger partial charge in [-0.1, -0.05) is 13.0 Å². The maximum Gasteiger partial charge on any atom is 0.124 e. The SMILES string of the molecule is CCCN1Cc2cc(OCC)c(CNC)cc2CC1C. The van der Waals surface area contributed by atoms with Crippen molar-refractivity contribution < 1.29 is 4.74 Å². The van der Waals surface area contributed by atoms with E-state index in [9.17, 15) is 0 Å². The fourth-order valence-corrected chi connectivity index (χ4v) is 3.08. The highest BCUT2D eigenvalue weighted by molar-refractivity contribution is 5.44. The molecule has 1 aromatic rings. The molecule has 0 bridgehead atoms. The highest BCUT2D eigenvalue weighted by Gasteiger charge is 2.23. The quantitative estimate of drug-likeness (QED) is 0.864. The van der Waals surface area contributed by atoms with E-state index in [0.29, 0.717) is 6.04 Å². The van der Waals surface area contributed by atoms with Gasteiger partial charge in [-0.25, -0.2) is 0 Å². The first-order chi connectivity index (χ1) is 9.69. The summed E-state index contributed by atoms with van der Waals surface area (Å²) >= 11 is 0. The Labute approximate surface area is 123 Å². The summed E-state index contributed by atoms with van der Waals surface area (Å²) in [6, 6.07) is 5.25. The van der Waals surface area contributed by atoms with Crippen molar-refractivity contribution in [3.05, 3.63) is 28.8 Å². The fraction of sp³-hybridized carbons (Fsp3) is 0.647. The number of fused-ring (bicyclic) bond motifs is 1. The third kappa shape index (κ3) is 3.33. The van der Waals surface area contributed by atoms with Crippen molar-refractivity contribution in [2.75, 3.05) is 20.2 Å². The number of ether oxygens (including phenoxy) is 1. The standard InChI is InChI=1S/C17H28N2O/c1-5-7-19-12-16-10-17(20-6-2)15(11-18-4)9-14(16)8-13(19)3/h9-10,13,18H,5-8,11-12H2,1-4H3. The maximum atomic E-state index is 5.82. The highest BCUT2D eigenvalue weighted by atomic mass is 16.5. The van der Waals surface area contributed by atoms with E-state index in [4.69, 9.17) is 4.74 Å². The fourth-order valence-electron chi connectivity index (χ4n) is 3.08. The first kappa shape index (κ1) is 15.3. The van der Waals surface area contributed by atoms with Crippen LogP contribution in [0.4, 0.5) is 0 Å². The average Bonchev–Trinajstić information content (AvgIpc) is 2.42. The van der Waals surface area contributed by atoms with Crippen molar-refractivity contribution in [2.45, 2.75) is 52.7 Å². The van der Waals surface area contributed by atoms with Crippen molar-refractivity contribution in [2.24, 2.45) is 0 Å². The Morgan fingerprint density at radius 1 is 1.30 bits per heavy atom. The van der Waals surface area contributed by atoms with E-state index in [1.165, 1.54) is 29.7 Å². The predicted molar refractivity (Wildman–Crippen MR) is 84.2 cm³/mol. The van der Waals surface area contributed by atoms with Crippen LogP contribution in [-0.4, -0.2) is 31.1 Å². The Balaban J connectivity index is 2.29. The molecule has 0 aliphatic carbocycles. The molecule has 2 rings (SSSR count). The number of hydrogen-bond acceptors (Lipinski definition) is 3. The van der Waals surface area contributed by atoms with Gasteiger partial charge < -0.3 is 10.1 Å². The zero-order chi connectivity index (χ0) is 14.5. The molecule has 0 spiro atoms. The largest absolute Gasteiger partial charge is 0.494 e. The van der Waals surface area contributed by atoms with Crippen LogP contribution in [0.1, 0.15) is 43.9 Å². The zero-order valence-electron chi connectivity index (χ0n) is 13.3. The van der Waals surface area contributed by atoms with Crippen LogP contribution in [0, 0.1) is 0 Å². The van der Waals surface area contributed by atoms with Gasteiger partial charge in [-0.3, -0.25) is 4.90 Å². The van der Waals surface area contributed by atoms with Gasteiger partial charge in [-0.15, -0.1) is 0 Å². The summed E-state index contributed by atoms with van der Waals surface area (Å²) < 4.78 is 5.82. The van der Waals surface area contributed by atoms with Crippen LogP contribution in [-0.2, 0) is 19.5 Å². The third-order valence-corrected chi connectivity index (χ3v) is 4.07. The Morgan fingerprint density at radius 2 is 2.10 bits per heavy atom. The zero-order valence-corrected chi connectivity index (χ0v) is 13.3. The van der Waals surface area contributed by atoms with Crippen molar-refractivity contribution in [1.82, 2.24) is 10.2 Å². The maximum absolute atomic E-state index is 5.82. The first-order valence-corrected chi connectivity index (χ1v) is 7.85. The molecular weight excluding hydrogens is 248 g/mol. The van der Waals surface area contributed by atoms with Crippen LogP contribution < -0.4 is 10.1 Å². The van der Waals surface area contributed by atoms with Crippen LogP contribution in [0.5, 0.6) is 5.75 Å². The molecule has 0 aromatic heterocycles. The minimum atomic E-state index is 0.642. The van der Waals surface area contributed by atoms with E-state index in [-0.39, 0.29) is 0 Å². The van der Waals surface area contributed by atoms with E-state index in [2.05, 4.69) is 36.2 Å². The summed E-state index contributed by atoms with van der Waals surface area (Å²) in [5, 5.41) is 3.24. The van der Waals surface area contributed by atoms with Gasteiger partial charge in [-0.05, 0) is 57.5 Å². The molecule has 20 heavy (non-hydrogen) atoms. The average molecular weight is 276 g/mol. The third-order valence-electron chi connectivity index (χ3n) is 4.07. The van der Waals surface area contributed by atoms with Crippen LogP contribution in [0.25, 0.3) is 0 Å². The summed E-state index contributed by atoms with van der Waals surface area (Å²) in [6.45, 7) is 10.5. The lowest BCUT2D eigenvalue weighted by Gasteiger charge is -2.35. The summed E-state index contributed by atoms with van der Waals surface area (Å²) in [4.78, 5) is 2.58. The van der Waals surface area contributed by atoms with E-state index >= 15 is 0 Å². The van der Waals surface area contributed by atoms with Gasteiger partial charge in [0.05, 0.1) is 6.61 Å². The molecule has 1 unspecified atom stereocenters.